The van der Waals surface area contributed by atoms with Gasteiger partial charge in [-0.1, -0.05) is 79.7 Å². The third-order valence-corrected chi connectivity index (χ3v) is 4.12. The first kappa shape index (κ1) is 13.4. The van der Waals surface area contributed by atoms with E-state index in [9.17, 15) is 5.26 Å². The Morgan fingerprint density at radius 1 is 0.810 bits per heavy atom. The van der Waals surface area contributed by atoms with Crippen molar-refractivity contribution in [2.24, 2.45) is 0 Å². The summed E-state index contributed by atoms with van der Waals surface area (Å²) < 4.78 is 0. The van der Waals surface area contributed by atoms with E-state index >= 15 is 0 Å². The van der Waals surface area contributed by atoms with Crippen molar-refractivity contribution in [1.29, 1.82) is 5.26 Å². The van der Waals surface area contributed by atoms with Gasteiger partial charge in [-0.3, -0.25) is 0 Å². The van der Waals surface area contributed by atoms with Crippen molar-refractivity contribution < 1.29 is 0 Å². The summed E-state index contributed by atoms with van der Waals surface area (Å²) in [5.74, 6) is 0.0282. The molecule has 0 aliphatic heterocycles. The van der Waals surface area contributed by atoms with Gasteiger partial charge in [-0.15, -0.1) is 0 Å². The molecule has 21 heavy (non-hydrogen) atoms. The maximum Gasteiger partial charge on any atom is 0.0784 e. The maximum atomic E-state index is 9.72. The quantitative estimate of drug-likeness (QED) is 0.638. The highest BCUT2D eigenvalue weighted by atomic mass is 14.3. The Bertz CT molecular complexity index is 778. The molecule has 0 bridgehead atoms. The van der Waals surface area contributed by atoms with Crippen molar-refractivity contribution in [3.63, 3.8) is 0 Å². The van der Waals surface area contributed by atoms with Crippen LogP contribution >= 0.6 is 0 Å². The van der Waals surface area contributed by atoms with E-state index in [1.54, 1.807) is 0 Å². The summed E-state index contributed by atoms with van der Waals surface area (Å²) in [6.45, 7) is 2.13. The van der Waals surface area contributed by atoms with Gasteiger partial charge in [-0.05, 0) is 21.9 Å². The van der Waals surface area contributed by atoms with Crippen LogP contribution in [0.4, 0.5) is 0 Å². The number of fused-ring (bicyclic) bond motifs is 1. The first-order valence-corrected chi connectivity index (χ1v) is 7.23. The van der Waals surface area contributed by atoms with E-state index < -0.39 is 0 Å². The van der Waals surface area contributed by atoms with Gasteiger partial charge < -0.3 is 0 Å². The fraction of sp³-hybridized carbons (Fsp3) is 0.150. The summed E-state index contributed by atoms with van der Waals surface area (Å²) >= 11 is 0. The van der Waals surface area contributed by atoms with E-state index in [2.05, 4.69) is 49.4 Å². The summed E-state index contributed by atoms with van der Waals surface area (Å²) in [6, 6.07) is 27.3. The lowest BCUT2D eigenvalue weighted by atomic mass is 9.82. The van der Waals surface area contributed by atoms with Crippen molar-refractivity contribution >= 4 is 10.8 Å². The van der Waals surface area contributed by atoms with E-state index in [1.807, 2.05) is 36.4 Å². The topological polar surface area (TPSA) is 23.8 Å². The zero-order valence-corrected chi connectivity index (χ0v) is 12.0. The summed E-state index contributed by atoms with van der Waals surface area (Å²) in [5.41, 5.74) is 2.32. The second kappa shape index (κ2) is 5.81. The largest absolute Gasteiger partial charge is 0.198 e. The molecule has 0 fully saturated rings. The molecule has 2 atom stereocenters. The number of rotatable bonds is 3. The van der Waals surface area contributed by atoms with Crippen molar-refractivity contribution in [3.05, 3.63) is 83.9 Å². The fourth-order valence-electron chi connectivity index (χ4n) is 2.92. The minimum atomic E-state index is -0.140. The van der Waals surface area contributed by atoms with Crippen molar-refractivity contribution in [3.8, 4) is 6.07 Å². The van der Waals surface area contributed by atoms with Crippen molar-refractivity contribution in [2.45, 2.75) is 18.8 Å². The number of nitriles is 1. The Morgan fingerprint density at radius 2 is 1.48 bits per heavy atom. The van der Waals surface area contributed by atoms with Crippen molar-refractivity contribution in [1.82, 2.24) is 0 Å². The Morgan fingerprint density at radius 3 is 2.24 bits per heavy atom. The molecule has 0 spiro atoms. The molecule has 0 amide bonds. The second-order valence-corrected chi connectivity index (χ2v) is 5.37. The normalized spacial score (nSPS) is 13.5. The monoisotopic (exact) mass is 271 g/mol. The molecule has 2 unspecified atom stereocenters. The van der Waals surface area contributed by atoms with E-state index in [0.717, 1.165) is 5.56 Å². The molecule has 3 rings (SSSR count). The molecule has 0 aromatic heterocycles. The molecule has 0 aliphatic carbocycles. The van der Waals surface area contributed by atoms with E-state index in [0.29, 0.717) is 0 Å². The summed E-state index contributed by atoms with van der Waals surface area (Å²) in [4.78, 5) is 0. The van der Waals surface area contributed by atoms with E-state index in [-0.39, 0.29) is 11.8 Å². The molecule has 3 aromatic carbocycles. The molecule has 0 N–H and O–H groups in total. The lowest BCUT2D eigenvalue weighted by Crippen LogP contribution is -2.07. The third-order valence-electron chi connectivity index (χ3n) is 4.12. The van der Waals surface area contributed by atoms with Crippen LogP contribution in [0.3, 0.4) is 0 Å². The molecule has 0 saturated heterocycles. The van der Waals surface area contributed by atoms with Gasteiger partial charge in [0, 0.05) is 5.92 Å². The maximum absolute atomic E-state index is 9.72. The van der Waals surface area contributed by atoms with Crippen molar-refractivity contribution in [2.75, 3.05) is 0 Å². The van der Waals surface area contributed by atoms with Crippen LogP contribution in [0.2, 0.25) is 0 Å². The number of hydrogen-bond donors (Lipinski definition) is 0. The molecule has 102 valence electrons. The van der Waals surface area contributed by atoms with Gasteiger partial charge >= 0.3 is 0 Å². The highest BCUT2D eigenvalue weighted by molar-refractivity contribution is 5.86. The zero-order valence-electron chi connectivity index (χ0n) is 12.0. The van der Waals surface area contributed by atoms with Gasteiger partial charge in [0.2, 0.25) is 0 Å². The van der Waals surface area contributed by atoms with Crippen LogP contribution < -0.4 is 0 Å². The molecule has 0 aliphatic rings. The highest BCUT2D eigenvalue weighted by Crippen LogP contribution is 2.35. The summed E-state index contributed by atoms with van der Waals surface area (Å²) in [5, 5.41) is 12.1. The number of nitrogens with zero attached hydrogens (tertiary/aromatic N) is 1. The van der Waals surface area contributed by atoms with E-state index in [4.69, 9.17) is 0 Å². The van der Waals surface area contributed by atoms with Gasteiger partial charge in [-0.2, -0.15) is 5.26 Å². The smallest absolute Gasteiger partial charge is 0.0784 e. The molecule has 3 aromatic rings. The molecule has 0 heterocycles. The van der Waals surface area contributed by atoms with Crippen LogP contribution in [0.1, 0.15) is 29.9 Å². The van der Waals surface area contributed by atoms with Crippen LogP contribution in [-0.4, -0.2) is 0 Å². The molecular formula is C20H17N. The van der Waals surface area contributed by atoms with Gasteiger partial charge in [0.05, 0.1) is 12.0 Å². The molecular weight excluding hydrogens is 254 g/mol. The van der Waals surface area contributed by atoms with Gasteiger partial charge in [0.1, 0.15) is 0 Å². The Labute approximate surface area is 125 Å². The first-order chi connectivity index (χ1) is 10.3. The number of benzene rings is 3. The second-order valence-electron chi connectivity index (χ2n) is 5.37. The molecule has 0 saturated carbocycles. The van der Waals surface area contributed by atoms with Gasteiger partial charge in [0.25, 0.3) is 0 Å². The summed E-state index contributed by atoms with van der Waals surface area (Å²) in [7, 11) is 0. The fourth-order valence-corrected chi connectivity index (χ4v) is 2.92. The standard InChI is InChI=1S/C20H17N/c1-15(16-8-3-2-4-9-16)20(14-21)19-13-7-11-17-10-5-6-12-18(17)19/h2-13,15,20H,1H3. The van der Waals surface area contributed by atoms with Crippen LogP contribution in [0.15, 0.2) is 72.8 Å². The third kappa shape index (κ3) is 2.53. The van der Waals surface area contributed by atoms with Gasteiger partial charge in [0.15, 0.2) is 0 Å². The lowest BCUT2D eigenvalue weighted by molar-refractivity contribution is 0.691. The van der Waals surface area contributed by atoms with Crippen LogP contribution in [0.25, 0.3) is 10.8 Å². The molecule has 1 nitrogen and oxygen atoms in total. The van der Waals surface area contributed by atoms with E-state index in [1.165, 1.54) is 16.3 Å². The molecule has 1 heteroatoms. The minimum absolute atomic E-state index is 0.140. The Kier molecular flexibility index (Phi) is 3.71. The van der Waals surface area contributed by atoms with Gasteiger partial charge in [-0.25, -0.2) is 0 Å². The average molecular weight is 271 g/mol. The van der Waals surface area contributed by atoms with Crippen LogP contribution in [0, 0.1) is 11.3 Å². The predicted octanol–water partition coefficient (Wildman–Crippen LogP) is 5.25. The highest BCUT2D eigenvalue weighted by Gasteiger charge is 2.22. The molecule has 0 radical (unpaired) electrons. The first-order valence-electron chi connectivity index (χ1n) is 7.23. The van der Waals surface area contributed by atoms with Crippen LogP contribution in [0.5, 0.6) is 0 Å². The minimum Gasteiger partial charge on any atom is -0.198 e. The Balaban J connectivity index is 2.09. The zero-order chi connectivity index (χ0) is 14.7. The number of hydrogen-bond acceptors (Lipinski definition) is 1. The SMILES string of the molecule is CC(c1ccccc1)C(C#N)c1cccc2ccccc12. The predicted molar refractivity (Wildman–Crippen MR) is 87.2 cm³/mol. The summed E-state index contributed by atoms with van der Waals surface area (Å²) in [6.07, 6.45) is 0. The lowest BCUT2D eigenvalue weighted by Gasteiger charge is -2.20. The average Bonchev–Trinajstić information content (AvgIpc) is 2.56. The van der Waals surface area contributed by atoms with Crippen LogP contribution in [-0.2, 0) is 0 Å². The Hall–Kier alpha value is -2.59.